The third-order valence-corrected chi connectivity index (χ3v) is 3.14. The van der Waals surface area contributed by atoms with Crippen LogP contribution in [-0.2, 0) is 16.6 Å². The summed E-state index contributed by atoms with van der Waals surface area (Å²) in [7, 11) is 0. The minimum absolute atomic E-state index is 0.680. The standard InChI is InChI=1S/C13H16O3/c1-13(2,12(14)15)10-7-3-5-9-6-4-8-16-11(9)10/h3,5,7H,4,6,8H2,1-2H3,(H,14,15). The molecule has 0 unspecified atom stereocenters. The normalized spacial score (nSPS) is 15.1. The van der Waals surface area contributed by atoms with Gasteiger partial charge in [-0.1, -0.05) is 18.2 Å². The number of ether oxygens (including phenoxy) is 1. The molecule has 1 aromatic rings. The predicted molar refractivity (Wildman–Crippen MR) is 60.9 cm³/mol. The first-order chi connectivity index (χ1) is 7.53. The molecule has 3 heteroatoms. The molecule has 0 spiro atoms. The third-order valence-electron chi connectivity index (χ3n) is 3.14. The Morgan fingerprint density at radius 2 is 2.19 bits per heavy atom. The molecule has 0 radical (unpaired) electrons. The number of benzene rings is 1. The first kappa shape index (κ1) is 11.0. The molecule has 3 nitrogen and oxygen atoms in total. The van der Waals surface area contributed by atoms with Crippen molar-refractivity contribution in [2.24, 2.45) is 0 Å². The highest BCUT2D eigenvalue weighted by atomic mass is 16.5. The number of hydrogen-bond donors (Lipinski definition) is 1. The fourth-order valence-corrected chi connectivity index (χ4v) is 2.00. The van der Waals surface area contributed by atoms with E-state index in [4.69, 9.17) is 4.74 Å². The molecule has 0 amide bonds. The number of para-hydroxylation sites is 1. The summed E-state index contributed by atoms with van der Waals surface area (Å²) in [4.78, 5) is 11.3. The Kier molecular flexibility index (Phi) is 2.62. The number of aliphatic carboxylic acids is 1. The predicted octanol–water partition coefficient (Wildman–Crippen LogP) is 2.37. The number of fused-ring (bicyclic) bond motifs is 1. The Bertz CT molecular complexity index is 421. The maximum absolute atomic E-state index is 11.3. The van der Waals surface area contributed by atoms with Gasteiger partial charge in [0.05, 0.1) is 12.0 Å². The molecule has 2 rings (SSSR count). The summed E-state index contributed by atoms with van der Waals surface area (Å²) in [6, 6.07) is 5.77. The van der Waals surface area contributed by atoms with E-state index in [9.17, 15) is 9.90 Å². The zero-order valence-electron chi connectivity index (χ0n) is 9.62. The summed E-state index contributed by atoms with van der Waals surface area (Å²) in [6.45, 7) is 4.10. The number of carbonyl (C=O) groups is 1. The van der Waals surface area contributed by atoms with Gasteiger partial charge in [-0.3, -0.25) is 4.79 Å². The van der Waals surface area contributed by atoms with Gasteiger partial charge in [-0.25, -0.2) is 0 Å². The van der Waals surface area contributed by atoms with Crippen LogP contribution in [0.5, 0.6) is 5.75 Å². The summed E-state index contributed by atoms with van der Waals surface area (Å²) in [5.41, 5.74) is 0.998. The van der Waals surface area contributed by atoms with Gasteiger partial charge in [-0.2, -0.15) is 0 Å². The van der Waals surface area contributed by atoms with E-state index in [0.717, 1.165) is 29.7 Å². The minimum atomic E-state index is -0.900. The molecule has 0 fully saturated rings. The smallest absolute Gasteiger partial charge is 0.313 e. The lowest BCUT2D eigenvalue weighted by Gasteiger charge is -2.27. The van der Waals surface area contributed by atoms with Gasteiger partial charge in [0, 0.05) is 5.56 Å². The van der Waals surface area contributed by atoms with Gasteiger partial charge in [-0.15, -0.1) is 0 Å². The minimum Gasteiger partial charge on any atom is -0.493 e. The third kappa shape index (κ3) is 1.66. The Hall–Kier alpha value is -1.51. The van der Waals surface area contributed by atoms with Crippen LogP contribution in [0.4, 0.5) is 0 Å². The van der Waals surface area contributed by atoms with Crippen molar-refractivity contribution in [3.63, 3.8) is 0 Å². The second-order valence-corrected chi connectivity index (χ2v) is 4.68. The van der Waals surface area contributed by atoms with E-state index < -0.39 is 11.4 Å². The lowest BCUT2D eigenvalue weighted by atomic mass is 9.82. The lowest BCUT2D eigenvalue weighted by molar-refractivity contribution is -0.142. The largest absolute Gasteiger partial charge is 0.493 e. The van der Waals surface area contributed by atoms with Gasteiger partial charge in [0.25, 0.3) is 0 Å². The van der Waals surface area contributed by atoms with Crippen molar-refractivity contribution >= 4 is 5.97 Å². The first-order valence-corrected chi connectivity index (χ1v) is 5.52. The van der Waals surface area contributed by atoms with Crippen LogP contribution in [0, 0.1) is 0 Å². The molecule has 1 heterocycles. The van der Waals surface area contributed by atoms with E-state index >= 15 is 0 Å². The van der Waals surface area contributed by atoms with E-state index in [1.54, 1.807) is 13.8 Å². The molecule has 0 aliphatic carbocycles. The zero-order chi connectivity index (χ0) is 11.8. The number of carboxylic acid groups (broad SMARTS) is 1. The fourth-order valence-electron chi connectivity index (χ4n) is 2.00. The Morgan fingerprint density at radius 1 is 1.44 bits per heavy atom. The van der Waals surface area contributed by atoms with Gasteiger partial charge in [0.15, 0.2) is 0 Å². The average Bonchev–Trinajstić information content (AvgIpc) is 2.28. The summed E-state index contributed by atoms with van der Waals surface area (Å²) in [5.74, 6) is -0.0452. The van der Waals surface area contributed by atoms with Gasteiger partial charge in [-0.05, 0) is 32.3 Å². The second kappa shape index (κ2) is 3.81. The van der Waals surface area contributed by atoms with Crippen molar-refractivity contribution in [3.05, 3.63) is 29.3 Å². The van der Waals surface area contributed by atoms with Crippen LogP contribution in [-0.4, -0.2) is 17.7 Å². The molecule has 1 aromatic carbocycles. The van der Waals surface area contributed by atoms with Gasteiger partial charge in [0.2, 0.25) is 0 Å². The zero-order valence-corrected chi connectivity index (χ0v) is 9.62. The molecule has 0 saturated carbocycles. The number of carboxylic acids is 1. The van der Waals surface area contributed by atoms with Crippen molar-refractivity contribution in [2.75, 3.05) is 6.61 Å². The molecule has 86 valence electrons. The van der Waals surface area contributed by atoms with Gasteiger partial charge >= 0.3 is 5.97 Å². The summed E-state index contributed by atoms with van der Waals surface area (Å²) in [6.07, 6.45) is 1.98. The lowest BCUT2D eigenvalue weighted by Crippen LogP contribution is -2.30. The van der Waals surface area contributed by atoms with Crippen LogP contribution in [0.25, 0.3) is 0 Å². The van der Waals surface area contributed by atoms with Gasteiger partial charge in [0.1, 0.15) is 5.75 Å². The van der Waals surface area contributed by atoms with Crippen LogP contribution in [0.1, 0.15) is 31.4 Å². The molecule has 16 heavy (non-hydrogen) atoms. The highest BCUT2D eigenvalue weighted by molar-refractivity contribution is 5.81. The van der Waals surface area contributed by atoms with E-state index in [2.05, 4.69) is 0 Å². The Morgan fingerprint density at radius 3 is 2.88 bits per heavy atom. The van der Waals surface area contributed by atoms with Crippen LogP contribution in [0.2, 0.25) is 0 Å². The Balaban J connectivity index is 2.53. The summed E-state index contributed by atoms with van der Waals surface area (Å²) in [5, 5.41) is 9.24. The SMILES string of the molecule is CC(C)(C(=O)O)c1cccc2c1OCCC2. The topological polar surface area (TPSA) is 46.5 Å². The van der Waals surface area contributed by atoms with Crippen molar-refractivity contribution in [3.8, 4) is 5.75 Å². The van der Waals surface area contributed by atoms with E-state index in [1.165, 1.54) is 0 Å². The molecule has 0 aromatic heterocycles. The van der Waals surface area contributed by atoms with Crippen molar-refractivity contribution in [1.29, 1.82) is 0 Å². The van der Waals surface area contributed by atoms with E-state index in [0.29, 0.717) is 6.61 Å². The molecule has 0 bridgehead atoms. The van der Waals surface area contributed by atoms with Crippen molar-refractivity contribution in [2.45, 2.75) is 32.1 Å². The second-order valence-electron chi connectivity index (χ2n) is 4.68. The molecule has 1 aliphatic heterocycles. The van der Waals surface area contributed by atoms with Crippen molar-refractivity contribution in [1.82, 2.24) is 0 Å². The van der Waals surface area contributed by atoms with Crippen LogP contribution in [0.15, 0.2) is 18.2 Å². The molecule has 0 atom stereocenters. The summed E-state index contributed by atoms with van der Waals surface area (Å²) < 4.78 is 5.63. The maximum Gasteiger partial charge on any atom is 0.313 e. The van der Waals surface area contributed by atoms with Crippen molar-refractivity contribution < 1.29 is 14.6 Å². The van der Waals surface area contributed by atoms with E-state index in [1.807, 2.05) is 18.2 Å². The first-order valence-electron chi connectivity index (χ1n) is 5.52. The number of rotatable bonds is 2. The van der Waals surface area contributed by atoms with Crippen LogP contribution in [0.3, 0.4) is 0 Å². The molecule has 0 saturated heterocycles. The monoisotopic (exact) mass is 220 g/mol. The summed E-state index contributed by atoms with van der Waals surface area (Å²) >= 11 is 0. The van der Waals surface area contributed by atoms with E-state index in [-0.39, 0.29) is 0 Å². The highest BCUT2D eigenvalue weighted by Crippen LogP contribution is 2.36. The van der Waals surface area contributed by atoms with Crippen LogP contribution >= 0.6 is 0 Å². The average molecular weight is 220 g/mol. The quantitative estimate of drug-likeness (QED) is 0.832. The van der Waals surface area contributed by atoms with Gasteiger partial charge < -0.3 is 9.84 Å². The van der Waals surface area contributed by atoms with Crippen LogP contribution < -0.4 is 4.74 Å². The molecule has 1 aliphatic rings. The maximum atomic E-state index is 11.3. The fraction of sp³-hybridized carbons (Fsp3) is 0.462. The Labute approximate surface area is 95.0 Å². The molecule has 1 N–H and O–H groups in total. The highest BCUT2D eigenvalue weighted by Gasteiger charge is 2.33. The molecular formula is C13H16O3. The number of hydrogen-bond acceptors (Lipinski definition) is 2. The number of aryl methyl sites for hydroxylation is 1. The molecular weight excluding hydrogens is 204 g/mol.